The van der Waals surface area contributed by atoms with Gasteiger partial charge in [-0.05, 0) is 13.0 Å². The molecular weight excluding hydrogens is 275 g/mol. The molecule has 2 heterocycles. The van der Waals surface area contributed by atoms with E-state index in [0.717, 1.165) is 51.5 Å². The van der Waals surface area contributed by atoms with E-state index in [9.17, 15) is 0 Å². The van der Waals surface area contributed by atoms with Gasteiger partial charge in [0, 0.05) is 25.7 Å². The van der Waals surface area contributed by atoms with Gasteiger partial charge in [-0.15, -0.1) is 10.2 Å². The number of morpholine rings is 1. The maximum atomic E-state index is 5.90. The van der Waals surface area contributed by atoms with Crippen molar-refractivity contribution < 1.29 is 4.74 Å². The van der Waals surface area contributed by atoms with Crippen LogP contribution in [0, 0.1) is 0 Å². The molecule has 0 aliphatic carbocycles. The van der Waals surface area contributed by atoms with Crippen molar-refractivity contribution in [2.45, 2.75) is 6.42 Å². The highest BCUT2D eigenvalue weighted by atomic mass is 35.5. The molecule has 1 aromatic heterocycles. The molecule has 7 heteroatoms. The van der Waals surface area contributed by atoms with Crippen molar-refractivity contribution in [1.29, 1.82) is 0 Å². The number of halogens is 2. The molecule has 1 aliphatic rings. The highest BCUT2D eigenvalue weighted by molar-refractivity contribution is 6.33. The predicted molar refractivity (Wildman–Crippen MR) is 72.4 cm³/mol. The maximum Gasteiger partial charge on any atom is 0.174 e. The molecule has 18 heavy (non-hydrogen) atoms. The summed E-state index contributed by atoms with van der Waals surface area (Å²) in [5.74, 6) is 0. The number of nitrogens with zero attached hydrogens (tertiary/aromatic N) is 3. The Labute approximate surface area is 116 Å². The molecule has 0 radical (unpaired) electrons. The summed E-state index contributed by atoms with van der Waals surface area (Å²) >= 11 is 11.7. The molecule has 0 saturated carbocycles. The minimum absolute atomic E-state index is 0.343. The van der Waals surface area contributed by atoms with Gasteiger partial charge in [-0.25, -0.2) is 0 Å². The maximum absolute atomic E-state index is 5.90. The lowest BCUT2D eigenvalue weighted by Gasteiger charge is -2.26. The van der Waals surface area contributed by atoms with E-state index >= 15 is 0 Å². The zero-order valence-corrected chi connectivity index (χ0v) is 11.5. The van der Waals surface area contributed by atoms with E-state index in [1.807, 2.05) is 0 Å². The topological polar surface area (TPSA) is 50.3 Å². The van der Waals surface area contributed by atoms with Crippen LogP contribution in [0.15, 0.2) is 6.07 Å². The third kappa shape index (κ3) is 4.24. The summed E-state index contributed by atoms with van der Waals surface area (Å²) < 4.78 is 5.30. The van der Waals surface area contributed by atoms with Gasteiger partial charge in [0.25, 0.3) is 0 Å². The Morgan fingerprint density at radius 3 is 2.83 bits per heavy atom. The van der Waals surface area contributed by atoms with Crippen LogP contribution < -0.4 is 5.32 Å². The van der Waals surface area contributed by atoms with Gasteiger partial charge in [-0.1, -0.05) is 23.2 Å². The number of aromatic nitrogens is 2. The molecule has 0 amide bonds. The first-order valence-corrected chi connectivity index (χ1v) is 6.74. The lowest BCUT2D eigenvalue weighted by atomic mass is 10.3. The Kier molecular flexibility index (Phi) is 5.44. The van der Waals surface area contributed by atoms with Crippen LogP contribution in [-0.2, 0) is 4.74 Å². The predicted octanol–water partition coefficient (Wildman–Crippen LogP) is 1.92. The van der Waals surface area contributed by atoms with Crippen molar-refractivity contribution in [3.05, 3.63) is 16.4 Å². The summed E-state index contributed by atoms with van der Waals surface area (Å²) in [6.45, 7) is 5.60. The van der Waals surface area contributed by atoms with Crippen LogP contribution in [0.5, 0.6) is 0 Å². The summed E-state index contributed by atoms with van der Waals surface area (Å²) in [6, 6.07) is 1.69. The van der Waals surface area contributed by atoms with E-state index < -0.39 is 0 Å². The second-order valence-electron chi connectivity index (χ2n) is 4.11. The molecule has 0 unspecified atom stereocenters. The van der Waals surface area contributed by atoms with Crippen molar-refractivity contribution in [3.8, 4) is 0 Å². The van der Waals surface area contributed by atoms with Crippen LogP contribution >= 0.6 is 23.2 Å². The van der Waals surface area contributed by atoms with Gasteiger partial charge in [0.2, 0.25) is 0 Å². The van der Waals surface area contributed by atoms with Crippen LogP contribution in [-0.4, -0.2) is 54.5 Å². The van der Waals surface area contributed by atoms with E-state index in [1.54, 1.807) is 6.07 Å². The number of rotatable bonds is 5. The van der Waals surface area contributed by atoms with E-state index in [2.05, 4.69) is 20.4 Å². The molecule has 1 aliphatic heterocycles. The molecular formula is C11H16Cl2N4O. The number of hydrogen-bond donors (Lipinski definition) is 1. The Morgan fingerprint density at radius 2 is 2.06 bits per heavy atom. The van der Waals surface area contributed by atoms with E-state index in [1.165, 1.54) is 0 Å². The minimum Gasteiger partial charge on any atom is -0.382 e. The number of hydrogen-bond acceptors (Lipinski definition) is 5. The van der Waals surface area contributed by atoms with Gasteiger partial charge >= 0.3 is 0 Å². The molecule has 1 aromatic rings. The molecule has 5 nitrogen and oxygen atoms in total. The molecule has 1 fully saturated rings. The first-order chi connectivity index (χ1) is 8.75. The lowest BCUT2D eigenvalue weighted by Crippen LogP contribution is -2.37. The van der Waals surface area contributed by atoms with Crippen molar-refractivity contribution in [2.75, 3.05) is 44.7 Å². The van der Waals surface area contributed by atoms with Crippen molar-refractivity contribution in [3.63, 3.8) is 0 Å². The zero-order valence-electron chi connectivity index (χ0n) is 10.0. The van der Waals surface area contributed by atoms with Gasteiger partial charge in [-0.3, -0.25) is 4.90 Å². The van der Waals surface area contributed by atoms with E-state index in [0.29, 0.717) is 10.3 Å². The van der Waals surface area contributed by atoms with E-state index in [4.69, 9.17) is 27.9 Å². The smallest absolute Gasteiger partial charge is 0.174 e. The molecule has 1 N–H and O–H groups in total. The first-order valence-electron chi connectivity index (χ1n) is 5.98. The lowest BCUT2D eigenvalue weighted by molar-refractivity contribution is 0.0378. The van der Waals surface area contributed by atoms with E-state index in [-0.39, 0.29) is 0 Å². The summed E-state index contributed by atoms with van der Waals surface area (Å²) in [5.41, 5.74) is 0.735. The first kappa shape index (κ1) is 13.8. The Bertz CT molecular complexity index is 385. The Balaban J connectivity index is 1.69. The van der Waals surface area contributed by atoms with Crippen molar-refractivity contribution in [2.24, 2.45) is 0 Å². The third-order valence-electron chi connectivity index (χ3n) is 2.79. The molecule has 0 bridgehead atoms. The SMILES string of the molecule is Clc1cc(NCCCN2CCOCC2)c(Cl)nn1. The summed E-state index contributed by atoms with van der Waals surface area (Å²) in [6.07, 6.45) is 1.04. The molecule has 0 atom stereocenters. The summed E-state index contributed by atoms with van der Waals surface area (Å²) in [5, 5.41) is 11.3. The normalized spacial score (nSPS) is 16.8. The standard InChI is InChI=1S/C11H16Cl2N4O/c12-10-8-9(11(13)16-15-10)14-2-1-3-17-4-6-18-7-5-17/h8H,1-7H2,(H,14,15). The fourth-order valence-corrected chi connectivity index (χ4v) is 2.13. The average molecular weight is 291 g/mol. The summed E-state index contributed by atoms with van der Waals surface area (Å²) in [7, 11) is 0. The number of anilines is 1. The minimum atomic E-state index is 0.343. The Hall–Kier alpha value is -0.620. The van der Waals surface area contributed by atoms with Crippen LogP contribution in [0.1, 0.15) is 6.42 Å². The second kappa shape index (κ2) is 7.09. The third-order valence-corrected chi connectivity index (χ3v) is 3.25. The fourth-order valence-electron chi connectivity index (χ4n) is 1.83. The molecule has 2 rings (SSSR count). The van der Waals surface area contributed by atoms with Crippen LogP contribution in [0.2, 0.25) is 10.3 Å². The summed E-state index contributed by atoms with van der Waals surface area (Å²) in [4.78, 5) is 2.39. The molecule has 100 valence electrons. The monoisotopic (exact) mass is 290 g/mol. The molecule has 1 saturated heterocycles. The van der Waals surface area contributed by atoms with Crippen molar-refractivity contribution in [1.82, 2.24) is 15.1 Å². The molecule has 0 spiro atoms. The van der Waals surface area contributed by atoms with Gasteiger partial charge < -0.3 is 10.1 Å². The Morgan fingerprint density at radius 1 is 1.28 bits per heavy atom. The zero-order chi connectivity index (χ0) is 12.8. The number of ether oxygens (including phenoxy) is 1. The van der Waals surface area contributed by atoms with Crippen LogP contribution in [0.25, 0.3) is 0 Å². The quantitative estimate of drug-likeness (QED) is 0.840. The largest absolute Gasteiger partial charge is 0.382 e. The van der Waals surface area contributed by atoms with Crippen molar-refractivity contribution >= 4 is 28.9 Å². The molecule has 0 aromatic carbocycles. The average Bonchev–Trinajstić information content (AvgIpc) is 2.40. The second-order valence-corrected chi connectivity index (χ2v) is 4.85. The number of nitrogens with one attached hydrogen (secondary N) is 1. The van der Waals surface area contributed by atoms with Crippen LogP contribution in [0.4, 0.5) is 5.69 Å². The van der Waals surface area contributed by atoms with Gasteiger partial charge in [0.15, 0.2) is 10.3 Å². The van der Waals surface area contributed by atoms with Gasteiger partial charge in [-0.2, -0.15) is 0 Å². The fraction of sp³-hybridized carbons (Fsp3) is 0.636. The van der Waals surface area contributed by atoms with Gasteiger partial charge in [0.05, 0.1) is 18.9 Å². The highest BCUT2D eigenvalue weighted by Gasteiger charge is 2.09. The highest BCUT2D eigenvalue weighted by Crippen LogP contribution is 2.20. The van der Waals surface area contributed by atoms with Crippen LogP contribution in [0.3, 0.4) is 0 Å². The van der Waals surface area contributed by atoms with Gasteiger partial charge in [0.1, 0.15) is 0 Å².